The summed E-state index contributed by atoms with van der Waals surface area (Å²) in [5.74, 6) is 0.117. The molecule has 1 aromatic carbocycles. The van der Waals surface area contributed by atoms with E-state index in [-0.39, 0.29) is 6.42 Å². The zero-order valence-corrected chi connectivity index (χ0v) is 10.4. The van der Waals surface area contributed by atoms with Crippen LogP contribution in [0.25, 0.3) is 0 Å². The van der Waals surface area contributed by atoms with Gasteiger partial charge in [-0.1, -0.05) is 12.1 Å². The Morgan fingerprint density at radius 1 is 1.33 bits per heavy atom. The smallest absolute Gasteiger partial charge is 0.303 e. The zero-order chi connectivity index (χ0) is 11.1. The molecule has 1 rings (SSSR count). The first-order valence-corrected chi connectivity index (χ1v) is 6.24. The molecule has 0 radical (unpaired) electrons. The van der Waals surface area contributed by atoms with Crippen LogP contribution < -0.4 is 4.74 Å². The van der Waals surface area contributed by atoms with Gasteiger partial charge in [-0.25, -0.2) is 0 Å². The number of aryl methyl sites for hydroxylation is 1. The van der Waals surface area contributed by atoms with Crippen LogP contribution in [0.5, 0.6) is 5.75 Å². The summed E-state index contributed by atoms with van der Waals surface area (Å²) in [5, 5.41) is 8.48. The molecule has 3 nitrogen and oxygen atoms in total. The second-order valence-electron chi connectivity index (χ2n) is 3.14. The number of benzene rings is 1. The van der Waals surface area contributed by atoms with Crippen LogP contribution in [0.1, 0.15) is 18.4 Å². The minimum absolute atomic E-state index is 0.228. The number of carboxylic acids is 1. The molecule has 0 heterocycles. The van der Waals surface area contributed by atoms with Crippen LogP contribution in [0.15, 0.2) is 24.3 Å². The van der Waals surface area contributed by atoms with Crippen molar-refractivity contribution in [2.45, 2.75) is 19.3 Å². The van der Waals surface area contributed by atoms with Crippen LogP contribution in [0, 0.1) is 0 Å². The van der Waals surface area contributed by atoms with E-state index in [0.717, 1.165) is 17.7 Å². The van der Waals surface area contributed by atoms with E-state index in [1.807, 2.05) is 24.3 Å². The summed E-state index contributed by atoms with van der Waals surface area (Å²) in [6.45, 7) is 0. The molecule has 0 aromatic heterocycles. The van der Waals surface area contributed by atoms with Crippen LogP contribution in [-0.4, -0.2) is 15.7 Å². The largest absolute Gasteiger partial charge is 0.483 e. The summed E-state index contributed by atoms with van der Waals surface area (Å²) >= 11 is 2.14. The SMILES string of the molecule is O=C(O)CCCc1ccc(OCI)cc1. The number of alkyl halides is 1. The summed E-state index contributed by atoms with van der Waals surface area (Å²) in [5.41, 5.74) is 1.15. The van der Waals surface area contributed by atoms with Crippen LogP contribution >= 0.6 is 22.6 Å². The quantitative estimate of drug-likeness (QED) is 0.648. The number of ether oxygens (including phenoxy) is 1. The Morgan fingerprint density at radius 3 is 2.53 bits per heavy atom. The van der Waals surface area contributed by atoms with Gasteiger partial charge in [-0.05, 0) is 53.1 Å². The summed E-state index contributed by atoms with van der Waals surface area (Å²) < 4.78 is 5.93. The van der Waals surface area contributed by atoms with E-state index in [1.165, 1.54) is 0 Å². The van der Waals surface area contributed by atoms with E-state index in [9.17, 15) is 4.79 Å². The molecule has 0 bridgehead atoms. The summed E-state index contributed by atoms with van der Waals surface area (Å²) in [4.78, 5) is 10.3. The number of aliphatic carboxylic acids is 1. The fourth-order valence-electron chi connectivity index (χ4n) is 1.26. The average molecular weight is 320 g/mol. The van der Waals surface area contributed by atoms with Crippen LogP contribution in [0.3, 0.4) is 0 Å². The first-order chi connectivity index (χ1) is 7.22. The number of carbonyl (C=O) groups is 1. The summed E-state index contributed by atoms with van der Waals surface area (Å²) in [6.07, 6.45) is 1.71. The molecule has 0 saturated heterocycles. The van der Waals surface area contributed by atoms with Gasteiger partial charge in [-0.3, -0.25) is 4.79 Å². The lowest BCUT2D eigenvalue weighted by Crippen LogP contribution is -1.96. The number of carboxylic acid groups (broad SMARTS) is 1. The molecule has 4 heteroatoms. The van der Waals surface area contributed by atoms with Gasteiger partial charge < -0.3 is 9.84 Å². The Balaban J connectivity index is 2.39. The van der Waals surface area contributed by atoms with Gasteiger partial charge in [0.1, 0.15) is 10.4 Å². The maximum absolute atomic E-state index is 10.3. The van der Waals surface area contributed by atoms with Gasteiger partial charge >= 0.3 is 5.97 Å². The predicted molar refractivity (Wildman–Crippen MR) is 66.5 cm³/mol. The molecular weight excluding hydrogens is 307 g/mol. The Kier molecular flexibility index (Phi) is 5.45. The molecule has 0 fully saturated rings. The van der Waals surface area contributed by atoms with Crippen molar-refractivity contribution in [1.29, 1.82) is 0 Å². The van der Waals surface area contributed by atoms with E-state index < -0.39 is 5.97 Å². The molecule has 0 aliphatic carbocycles. The van der Waals surface area contributed by atoms with Crippen molar-refractivity contribution in [3.63, 3.8) is 0 Å². The third kappa shape index (κ3) is 5.01. The lowest BCUT2D eigenvalue weighted by Gasteiger charge is -2.03. The van der Waals surface area contributed by atoms with Gasteiger partial charge in [0.2, 0.25) is 0 Å². The van der Waals surface area contributed by atoms with E-state index in [0.29, 0.717) is 11.0 Å². The molecule has 0 spiro atoms. The summed E-state index contributed by atoms with van der Waals surface area (Å²) in [6, 6.07) is 7.77. The molecule has 82 valence electrons. The van der Waals surface area contributed by atoms with Crippen molar-refractivity contribution in [3.8, 4) is 5.75 Å². The monoisotopic (exact) mass is 320 g/mol. The van der Waals surface area contributed by atoms with E-state index in [4.69, 9.17) is 9.84 Å². The number of halogens is 1. The van der Waals surface area contributed by atoms with Crippen molar-refractivity contribution in [2.24, 2.45) is 0 Å². The second kappa shape index (κ2) is 6.66. The molecule has 0 atom stereocenters. The minimum Gasteiger partial charge on any atom is -0.483 e. The zero-order valence-electron chi connectivity index (χ0n) is 8.28. The van der Waals surface area contributed by atoms with Crippen molar-refractivity contribution >= 4 is 28.6 Å². The lowest BCUT2D eigenvalue weighted by atomic mass is 10.1. The van der Waals surface area contributed by atoms with Gasteiger partial charge in [0, 0.05) is 6.42 Å². The topological polar surface area (TPSA) is 46.5 Å². The van der Waals surface area contributed by atoms with E-state index >= 15 is 0 Å². The van der Waals surface area contributed by atoms with Crippen LogP contribution in [0.4, 0.5) is 0 Å². The highest BCUT2D eigenvalue weighted by Gasteiger charge is 1.98. The molecular formula is C11H13IO3. The summed E-state index contributed by atoms with van der Waals surface area (Å²) in [7, 11) is 0. The maximum atomic E-state index is 10.3. The number of rotatable bonds is 6. The highest BCUT2D eigenvalue weighted by Crippen LogP contribution is 2.14. The third-order valence-electron chi connectivity index (χ3n) is 2.00. The normalized spacial score (nSPS) is 9.93. The number of hydrogen-bond acceptors (Lipinski definition) is 2. The second-order valence-corrected chi connectivity index (χ2v) is 3.77. The molecule has 1 aromatic rings. The first-order valence-electron chi connectivity index (χ1n) is 4.72. The molecule has 1 N–H and O–H groups in total. The molecule has 0 amide bonds. The molecule has 15 heavy (non-hydrogen) atoms. The van der Waals surface area contributed by atoms with Crippen molar-refractivity contribution in [2.75, 3.05) is 4.61 Å². The highest BCUT2D eigenvalue weighted by molar-refractivity contribution is 14.1. The lowest BCUT2D eigenvalue weighted by molar-refractivity contribution is -0.137. The van der Waals surface area contributed by atoms with Crippen molar-refractivity contribution < 1.29 is 14.6 Å². The van der Waals surface area contributed by atoms with E-state index in [1.54, 1.807) is 0 Å². The van der Waals surface area contributed by atoms with E-state index in [2.05, 4.69) is 22.6 Å². The first kappa shape index (κ1) is 12.3. The average Bonchev–Trinajstić information content (AvgIpc) is 2.20. The Morgan fingerprint density at radius 2 is 2.00 bits per heavy atom. The molecule has 0 aliphatic rings. The Bertz CT molecular complexity index is 308. The maximum Gasteiger partial charge on any atom is 0.303 e. The Hall–Kier alpha value is -0.780. The van der Waals surface area contributed by atoms with Gasteiger partial charge in [-0.2, -0.15) is 0 Å². The number of hydrogen-bond donors (Lipinski definition) is 1. The third-order valence-corrected chi connectivity index (χ3v) is 2.31. The fraction of sp³-hybridized carbons (Fsp3) is 0.364. The Labute approximate surface area is 103 Å². The highest BCUT2D eigenvalue weighted by atomic mass is 127. The molecule has 0 unspecified atom stereocenters. The van der Waals surface area contributed by atoms with Gasteiger partial charge in [-0.15, -0.1) is 0 Å². The van der Waals surface area contributed by atoms with Crippen molar-refractivity contribution in [3.05, 3.63) is 29.8 Å². The van der Waals surface area contributed by atoms with Crippen LogP contribution in [-0.2, 0) is 11.2 Å². The molecule has 0 saturated carbocycles. The predicted octanol–water partition coefficient (Wildman–Crippen LogP) is 2.87. The van der Waals surface area contributed by atoms with Gasteiger partial charge in [0.15, 0.2) is 0 Å². The van der Waals surface area contributed by atoms with Crippen LogP contribution in [0.2, 0.25) is 0 Å². The standard InChI is InChI=1S/C11H13IO3/c12-8-15-10-6-4-9(5-7-10)2-1-3-11(13)14/h4-7H,1-3,8H2,(H,13,14). The van der Waals surface area contributed by atoms with Gasteiger partial charge in [0.25, 0.3) is 0 Å². The van der Waals surface area contributed by atoms with Gasteiger partial charge in [0.05, 0.1) is 0 Å². The molecule has 0 aliphatic heterocycles. The fourth-order valence-corrected chi connectivity index (χ4v) is 1.62. The van der Waals surface area contributed by atoms with Crippen molar-refractivity contribution in [1.82, 2.24) is 0 Å². The minimum atomic E-state index is -0.736.